The van der Waals surface area contributed by atoms with Crippen molar-refractivity contribution in [1.82, 2.24) is 0 Å². The smallest absolute Gasteiger partial charge is 0.320 e. The molecule has 1 heterocycles. The second-order valence-corrected chi connectivity index (χ2v) is 6.18. The fourth-order valence-electron chi connectivity index (χ4n) is 2.75. The predicted molar refractivity (Wildman–Crippen MR) is 60.9 cm³/mol. The van der Waals surface area contributed by atoms with E-state index in [4.69, 9.17) is 9.47 Å². The average molecular weight is 240 g/mol. The van der Waals surface area contributed by atoms with E-state index in [1.54, 1.807) is 0 Å². The number of carbonyl (C=O) groups is 2. The van der Waals surface area contributed by atoms with Crippen LogP contribution in [0.3, 0.4) is 0 Å². The number of rotatable bonds is 0. The molecule has 0 amide bonds. The third-order valence-corrected chi connectivity index (χ3v) is 3.86. The van der Waals surface area contributed by atoms with Gasteiger partial charge < -0.3 is 9.47 Å². The fraction of sp³-hybridized carbons (Fsp3) is 0.846. The molecule has 2 rings (SSSR count). The van der Waals surface area contributed by atoms with Gasteiger partial charge in [-0.2, -0.15) is 0 Å². The van der Waals surface area contributed by atoms with Crippen molar-refractivity contribution in [1.29, 1.82) is 0 Å². The van der Waals surface area contributed by atoms with Crippen LogP contribution in [-0.4, -0.2) is 17.7 Å². The van der Waals surface area contributed by atoms with E-state index in [0.29, 0.717) is 18.8 Å². The summed E-state index contributed by atoms with van der Waals surface area (Å²) in [5.41, 5.74) is 0.254. The minimum absolute atomic E-state index is 0.246. The van der Waals surface area contributed by atoms with E-state index < -0.39 is 17.7 Å². The lowest BCUT2D eigenvalue weighted by molar-refractivity contribution is -0.256. The maximum Gasteiger partial charge on any atom is 0.320 e. The van der Waals surface area contributed by atoms with Gasteiger partial charge in [-0.3, -0.25) is 9.59 Å². The first-order valence-electron chi connectivity index (χ1n) is 6.24. The molecule has 4 nitrogen and oxygen atoms in total. The number of carbonyl (C=O) groups excluding carboxylic acids is 2. The molecule has 2 aliphatic rings. The Morgan fingerprint density at radius 2 is 1.53 bits per heavy atom. The van der Waals surface area contributed by atoms with Gasteiger partial charge >= 0.3 is 11.9 Å². The van der Waals surface area contributed by atoms with Crippen LogP contribution in [0.2, 0.25) is 0 Å². The molecule has 0 N–H and O–H groups in total. The minimum atomic E-state index is -0.950. The molecule has 96 valence electrons. The number of hydrogen-bond donors (Lipinski definition) is 0. The quantitative estimate of drug-likeness (QED) is 0.482. The summed E-state index contributed by atoms with van der Waals surface area (Å²) in [6.45, 7) is 6.65. The van der Waals surface area contributed by atoms with Gasteiger partial charge in [-0.1, -0.05) is 20.8 Å². The van der Waals surface area contributed by atoms with Gasteiger partial charge in [0.05, 0.1) is 0 Å². The highest BCUT2D eigenvalue weighted by Crippen LogP contribution is 2.44. The van der Waals surface area contributed by atoms with Crippen LogP contribution in [0.15, 0.2) is 0 Å². The van der Waals surface area contributed by atoms with E-state index in [1.807, 2.05) is 0 Å². The number of ether oxygens (including phenoxy) is 2. The molecule has 0 radical (unpaired) electrons. The van der Waals surface area contributed by atoms with Gasteiger partial charge in [0.25, 0.3) is 5.79 Å². The standard InChI is InChI=1S/C13H20O4/c1-12(2,3)9-4-6-13(7-5-9)16-10(14)8-11(15)17-13/h9H,4-8H2,1-3H3. The highest BCUT2D eigenvalue weighted by Gasteiger charge is 2.47. The van der Waals surface area contributed by atoms with Crippen molar-refractivity contribution in [2.45, 2.75) is 58.7 Å². The van der Waals surface area contributed by atoms with Crippen LogP contribution in [0, 0.1) is 11.3 Å². The van der Waals surface area contributed by atoms with Gasteiger partial charge in [-0.15, -0.1) is 0 Å². The van der Waals surface area contributed by atoms with Crippen LogP contribution < -0.4 is 0 Å². The molecule has 1 saturated carbocycles. The van der Waals surface area contributed by atoms with E-state index in [0.717, 1.165) is 12.8 Å². The molecule has 1 saturated heterocycles. The summed E-state index contributed by atoms with van der Waals surface area (Å²) in [7, 11) is 0. The zero-order chi connectivity index (χ0) is 12.7. The van der Waals surface area contributed by atoms with Gasteiger partial charge in [-0.05, 0) is 24.2 Å². The monoisotopic (exact) mass is 240 g/mol. The summed E-state index contributed by atoms with van der Waals surface area (Å²) >= 11 is 0. The molecule has 0 bridgehead atoms. The molecule has 0 unspecified atom stereocenters. The maximum absolute atomic E-state index is 11.3. The van der Waals surface area contributed by atoms with E-state index in [1.165, 1.54) is 0 Å². The first kappa shape index (κ1) is 12.4. The molecular weight excluding hydrogens is 220 g/mol. The van der Waals surface area contributed by atoms with Crippen molar-refractivity contribution in [3.63, 3.8) is 0 Å². The Morgan fingerprint density at radius 3 is 1.94 bits per heavy atom. The summed E-state index contributed by atoms with van der Waals surface area (Å²) < 4.78 is 10.5. The molecule has 1 spiro atoms. The third kappa shape index (κ3) is 2.61. The van der Waals surface area contributed by atoms with Crippen LogP contribution in [-0.2, 0) is 19.1 Å². The Kier molecular flexibility index (Phi) is 2.92. The SMILES string of the molecule is CC(C)(C)C1CCC2(CC1)OC(=O)CC(=O)O2. The van der Waals surface area contributed by atoms with Crippen molar-refractivity contribution in [2.75, 3.05) is 0 Å². The van der Waals surface area contributed by atoms with Gasteiger partial charge in [0.2, 0.25) is 0 Å². The first-order valence-corrected chi connectivity index (χ1v) is 6.24. The van der Waals surface area contributed by atoms with Crippen molar-refractivity contribution >= 4 is 11.9 Å². The second kappa shape index (κ2) is 4.00. The van der Waals surface area contributed by atoms with E-state index in [9.17, 15) is 9.59 Å². The summed E-state index contributed by atoms with van der Waals surface area (Å²) in [4.78, 5) is 22.6. The van der Waals surface area contributed by atoms with Crippen molar-refractivity contribution in [3.05, 3.63) is 0 Å². The van der Waals surface area contributed by atoms with Crippen LogP contribution in [0.5, 0.6) is 0 Å². The molecule has 0 aromatic carbocycles. The molecule has 4 heteroatoms. The van der Waals surface area contributed by atoms with Crippen LogP contribution >= 0.6 is 0 Å². The molecule has 17 heavy (non-hydrogen) atoms. The molecule has 0 aromatic rings. The zero-order valence-corrected chi connectivity index (χ0v) is 10.7. The molecule has 2 fully saturated rings. The minimum Gasteiger partial charge on any atom is -0.422 e. The molecule has 1 aliphatic heterocycles. The highest BCUT2D eigenvalue weighted by molar-refractivity contribution is 5.93. The first-order chi connectivity index (χ1) is 7.81. The Balaban J connectivity index is 2.02. The molecule has 0 aromatic heterocycles. The Bertz CT molecular complexity index is 314. The van der Waals surface area contributed by atoms with E-state index in [-0.39, 0.29) is 11.8 Å². The lowest BCUT2D eigenvalue weighted by atomic mass is 9.71. The molecule has 0 atom stereocenters. The van der Waals surface area contributed by atoms with E-state index >= 15 is 0 Å². The maximum atomic E-state index is 11.3. The van der Waals surface area contributed by atoms with Crippen LogP contribution in [0.4, 0.5) is 0 Å². The second-order valence-electron chi connectivity index (χ2n) is 6.18. The molecular formula is C13H20O4. The van der Waals surface area contributed by atoms with Crippen molar-refractivity contribution in [3.8, 4) is 0 Å². The summed E-state index contributed by atoms with van der Waals surface area (Å²) in [6, 6.07) is 0. The molecule has 1 aliphatic carbocycles. The summed E-state index contributed by atoms with van der Waals surface area (Å²) in [5.74, 6) is -1.26. The van der Waals surface area contributed by atoms with Crippen LogP contribution in [0.25, 0.3) is 0 Å². The van der Waals surface area contributed by atoms with Crippen LogP contribution in [0.1, 0.15) is 52.9 Å². The number of hydrogen-bond acceptors (Lipinski definition) is 4. The predicted octanol–water partition coefficient (Wildman–Crippen LogP) is 2.41. The Hall–Kier alpha value is -1.06. The lowest BCUT2D eigenvalue weighted by Crippen LogP contribution is -2.48. The highest BCUT2D eigenvalue weighted by atomic mass is 16.7. The summed E-state index contributed by atoms with van der Waals surface area (Å²) in [5, 5.41) is 0. The summed E-state index contributed by atoms with van der Waals surface area (Å²) in [6.07, 6.45) is 2.89. The average Bonchev–Trinajstić information content (AvgIpc) is 2.14. The van der Waals surface area contributed by atoms with Gasteiger partial charge in [0.15, 0.2) is 0 Å². The van der Waals surface area contributed by atoms with Crippen molar-refractivity contribution < 1.29 is 19.1 Å². The van der Waals surface area contributed by atoms with Gasteiger partial charge in [-0.25, -0.2) is 0 Å². The van der Waals surface area contributed by atoms with E-state index in [2.05, 4.69) is 20.8 Å². The van der Waals surface area contributed by atoms with Gasteiger partial charge in [0.1, 0.15) is 6.42 Å². The largest absolute Gasteiger partial charge is 0.422 e. The number of esters is 2. The zero-order valence-electron chi connectivity index (χ0n) is 10.7. The van der Waals surface area contributed by atoms with Crippen molar-refractivity contribution in [2.24, 2.45) is 11.3 Å². The third-order valence-electron chi connectivity index (χ3n) is 3.86. The fourth-order valence-corrected chi connectivity index (χ4v) is 2.75. The van der Waals surface area contributed by atoms with Gasteiger partial charge in [0, 0.05) is 12.8 Å². The topological polar surface area (TPSA) is 52.6 Å². The Morgan fingerprint density at radius 1 is 1.06 bits per heavy atom. The normalized spacial score (nSPS) is 25.6. The Labute approximate surface area is 102 Å². The lowest BCUT2D eigenvalue weighted by Gasteiger charge is -2.43.